The maximum atomic E-state index is 10.2. The second kappa shape index (κ2) is 4.57. The minimum absolute atomic E-state index is 0.00171. The zero-order chi connectivity index (χ0) is 7.98. The lowest BCUT2D eigenvalue weighted by atomic mass is 10.4. The second-order valence-electron chi connectivity index (χ2n) is 1.52. The van der Waals surface area contributed by atoms with Crippen molar-refractivity contribution < 1.29 is 19.9 Å². The molecule has 0 aromatic carbocycles. The molecule has 0 aliphatic heterocycles. The zero-order valence-electron chi connectivity index (χ0n) is 5.13. The Kier molecular flexibility index (Phi) is 3.97. The summed E-state index contributed by atoms with van der Waals surface area (Å²) in [7, 11) is 0. The molecule has 0 aromatic heterocycles. The van der Waals surface area contributed by atoms with Gasteiger partial charge in [0, 0.05) is 13.0 Å². The van der Waals surface area contributed by atoms with Crippen LogP contribution in [-0.2, 0) is 4.79 Å². The minimum Gasteiger partial charge on any atom is -0.465 e. The van der Waals surface area contributed by atoms with Crippen molar-refractivity contribution in [3.8, 4) is 0 Å². The molecule has 0 unspecified atom stereocenters. The van der Waals surface area contributed by atoms with Gasteiger partial charge < -0.3 is 10.4 Å². The van der Waals surface area contributed by atoms with E-state index in [1.165, 1.54) is 5.48 Å². The van der Waals surface area contributed by atoms with Crippen molar-refractivity contribution in [1.29, 1.82) is 0 Å². The van der Waals surface area contributed by atoms with Gasteiger partial charge in [0.1, 0.15) is 0 Å². The predicted octanol–water partition coefficient (Wildman–Crippen LogP) is -0.851. The molecule has 4 N–H and O–H groups in total. The van der Waals surface area contributed by atoms with E-state index in [0.717, 1.165) is 0 Å². The van der Waals surface area contributed by atoms with Crippen LogP contribution in [0, 0.1) is 0 Å². The number of hydrogen-bond donors (Lipinski definition) is 4. The van der Waals surface area contributed by atoms with Crippen LogP contribution in [0.25, 0.3) is 0 Å². The molecule has 0 aliphatic carbocycles. The summed E-state index contributed by atoms with van der Waals surface area (Å²) in [5.41, 5.74) is 1.37. The van der Waals surface area contributed by atoms with Gasteiger partial charge in [0.25, 0.3) is 0 Å². The first-order chi connectivity index (χ1) is 4.66. The largest absolute Gasteiger partial charge is 0.465 e. The van der Waals surface area contributed by atoms with Gasteiger partial charge in [-0.3, -0.25) is 10.0 Å². The van der Waals surface area contributed by atoms with Crippen molar-refractivity contribution in [3.63, 3.8) is 0 Å². The van der Waals surface area contributed by atoms with Crippen LogP contribution in [0.5, 0.6) is 0 Å². The average Bonchev–Trinajstić information content (AvgIpc) is 1.87. The summed E-state index contributed by atoms with van der Waals surface area (Å²) in [4.78, 5) is 20.0. The Morgan fingerprint density at radius 2 is 2.00 bits per heavy atom. The standard InChI is InChI=1S/C4H8N2O4/c7-3(6-10)1-2-5-4(8)9/h5,10H,1-2H2,(H,6,7)(H,8,9). The first-order valence-electron chi connectivity index (χ1n) is 2.56. The van der Waals surface area contributed by atoms with Crippen LogP contribution in [0.4, 0.5) is 4.79 Å². The van der Waals surface area contributed by atoms with Crippen molar-refractivity contribution in [2.24, 2.45) is 0 Å². The van der Waals surface area contributed by atoms with Crippen LogP contribution in [0.15, 0.2) is 0 Å². The maximum Gasteiger partial charge on any atom is 0.404 e. The highest BCUT2D eigenvalue weighted by molar-refractivity contribution is 5.75. The molecular weight excluding hydrogens is 140 g/mol. The molecule has 6 nitrogen and oxygen atoms in total. The summed E-state index contributed by atoms with van der Waals surface area (Å²) in [5, 5.41) is 17.9. The van der Waals surface area contributed by atoms with Gasteiger partial charge in [-0.1, -0.05) is 0 Å². The van der Waals surface area contributed by atoms with E-state index in [0.29, 0.717) is 0 Å². The number of nitrogens with one attached hydrogen (secondary N) is 2. The molecule has 0 spiro atoms. The van der Waals surface area contributed by atoms with Crippen molar-refractivity contribution in [3.05, 3.63) is 0 Å². The Bertz CT molecular complexity index is 135. The smallest absolute Gasteiger partial charge is 0.404 e. The van der Waals surface area contributed by atoms with Gasteiger partial charge in [-0.25, -0.2) is 10.3 Å². The molecule has 2 amide bonds. The van der Waals surface area contributed by atoms with Crippen molar-refractivity contribution in [1.82, 2.24) is 10.8 Å². The number of carbonyl (C=O) groups is 2. The SMILES string of the molecule is O=C(O)NCCC(=O)NO. The number of carboxylic acid groups (broad SMARTS) is 1. The van der Waals surface area contributed by atoms with Gasteiger partial charge in [0.05, 0.1) is 0 Å². The topological polar surface area (TPSA) is 98.7 Å². The van der Waals surface area contributed by atoms with E-state index in [1.54, 1.807) is 0 Å². The first-order valence-corrected chi connectivity index (χ1v) is 2.56. The van der Waals surface area contributed by atoms with Crippen LogP contribution in [0.3, 0.4) is 0 Å². The summed E-state index contributed by atoms with van der Waals surface area (Å²) in [6, 6.07) is 0. The summed E-state index contributed by atoms with van der Waals surface area (Å²) < 4.78 is 0. The van der Waals surface area contributed by atoms with E-state index in [2.05, 4.69) is 0 Å². The molecule has 0 saturated heterocycles. The monoisotopic (exact) mass is 148 g/mol. The van der Waals surface area contributed by atoms with Crippen LogP contribution >= 0.6 is 0 Å². The van der Waals surface area contributed by atoms with Crippen molar-refractivity contribution in [2.75, 3.05) is 6.54 Å². The van der Waals surface area contributed by atoms with E-state index in [1.807, 2.05) is 5.32 Å². The lowest BCUT2D eigenvalue weighted by molar-refractivity contribution is -0.129. The Labute approximate surface area is 56.8 Å². The fraction of sp³-hybridized carbons (Fsp3) is 0.500. The molecule has 6 heteroatoms. The molecule has 0 aromatic rings. The molecule has 0 rings (SSSR count). The van der Waals surface area contributed by atoms with E-state index in [4.69, 9.17) is 10.3 Å². The number of amides is 2. The molecule has 0 radical (unpaired) electrons. The molecule has 0 fully saturated rings. The maximum absolute atomic E-state index is 10.2. The fourth-order valence-corrected chi connectivity index (χ4v) is 0.339. The Morgan fingerprint density at radius 3 is 2.40 bits per heavy atom. The molecule has 0 heterocycles. The highest BCUT2D eigenvalue weighted by atomic mass is 16.5. The third kappa shape index (κ3) is 4.85. The number of hydrogen-bond acceptors (Lipinski definition) is 3. The molecule has 58 valence electrons. The molecular formula is C4H8N2O4. The Balaban J connectivity index is 3.20. The third-order valence-corrected chi connectivity index (χ3v) is 0.753. The van der Waals surface area contributed by atoms with Gasteiger partial charge in [0.2, 0.25) is 5.91 Å². The quantitative estimate of drug-likeness (QED) is 0.309. The summed E-state index contributed by atoms with van der Waals surface area (Å²) in [6.07, 6.45) is -1.26. The second-order valence-corrected chi connectivity index (χ2v) is 1.52. The average molecular weight is 148 g/mol. The molecule has 0 saturated carbocycles. The van der Waals surface area contributed by atoms with E-state index < -0.39 is 12.0 Å². The Hall–Kier alpha value is -1.30. The number of rotatable bonds is 3. The number of carbonyl (C=O) groups excluding carboxylic acids is 1. The first kappa shape index (κ1) is 8.70. The normalized spacial score (nSPS) is 8.50. The molecule has 0 aliphatic rings. The number of hydroxylamine groups is 1. The Morgan fingerprint density at radius 1 is 1.40 bits per heavy atom. The predicted molar refractivity (Wildman–Crippen MR) is 30.6 cm³/mol. The van der Waals surface area contributed by atoms with Crippen LogP contribution in [0.2, 0.25) is 0 Å². The van der Waals surface area contributed by atoms with E-state index in [-0.39, 0.29) is 13.0 Å². The summed E-state index contributed by atoms with van der Waals surface area (Å²) in [5.74, 6) is -0.617. The van der Waals surface area contributed by atoms with Crippen LogP contribution < -0.4 is 10.8 Å². The highest BCUT2D eigenvalue weighted by Gasteiger charge is 1.98. The van der Waals surface area contributed by atoms with Crippen LogP contribution in [-0.4, -0.2) is 28.9 Å². The van der Waals surface area contributed by atoms with Crippen molar-refractivity contribution in [2.45, 2.75) is 6.42 Å². The zero-order valence-corrected chi connectivity index (χ0v) is 5.13. The lowest BCUT2D eigenvalue weighted by Gasteiger charge is -1.97. The van der Waals surface area contributed by atoms with Gasteiger partial charge >= 0.3 is 6.09 Å². The van der Waals surface area contributed by atoms with Gasteiger partial charge in [-0.15, -0.1) is 0 Å². The fourth-order valence-electron chi connectivity index (χ4n) is 0.339. The summed E-state index contributed by atoms with van der Waals surface area (Å²) in [6.45, 7) is 0.00171. The van der Waals surface area contributed by atoms with E-state index in [9.17, 15) is 9.59 Å². The van der Waals surface area contributed by atoms with Crippen LogP contribution in [0.1, 0.15) is 6.42 Å². The van der Waals surface area contributed by atoms with Gasteiger partial charge in [-0.05, 0) is 0 Å². The molecule has 0 atom stereocenters. The van der Waals surface area contributed by atoms with Gasteiger partial charge in [0.15, 0.2) is 0 Å². The minimum atomic E-state index is -1.19. The molecule has 0 bridgehead atoms. The molecule has 10 heavy (non-hydrogen) atoms. The third-order valence-electron chi connectivity index (χ3n) is 0.753. The van der Waals surface area contributed by atoms with E-state index >= 15 is 0 Å². The lowest BCUT2D eigenvalue weighted by Crippen LogP contribution is -2.28. The van der Waals surface area contributed by atoms with Crippen molar-refractivity contribution >= 4 is 12.0 Å². The summed E-state index contributed by atoms with van der Waals surface area (Å²) >= 11 is 0. The highest BCUT2D eigenvalue weighted by Crippen LogP contribution is 1.74. The van der Waals surface area contributed by atoms with Gasteiger partial charge in [-0.2, -0.15) is 0 Å².